The zero-order valence-electron chi connectivity index (χ0n) is 33.6. The first-order valence-electron chi connectivity index (χ1n) is 18.6. The van der Waals surface area contributed by atoms with E-state index in [4.69, 9.17) is 14.2 Å². The Kier molecular flexibility index (Phi) is 13.9. The smallest absolute Gasteiger partial charge is 0.308 e. The number of esters is 2. The summed E-state index contributed by atoms with van der Waals surface area (Å²) in [4.78, 5) is 57.2. The minimum absolute atomic E-state index is 0.0813. The highest BCUT2D eigenvalue weighted by atomic mass is 19.1. The molecule has 2 amide bonds. The molecule has 6 rings (SSSR count). The van der Waals surface area contributed by atoms with Gasteiger partial charge in [-0.15, -0.1) is 0 Å². The molecule has 0 bridgehead atoms. The normalized spacial score (nSPS) is 10.9. The Morgan fingerprint density at radius 1 is 0.627 bits per heavy atom. The lowest BCUT2D eigenvalue weighted by molar-refractivity contribution is -0.132. The molecule has 6 aromatic rings. The Bertz CT molecular complexity index is 2520. The maximum atomic E-state index is 13.2. The third-order valence-corrected chi connectivity index (χ3v) is 8.60. The molecular weight excluding hydrogens is 763 g/mol. The number of hydrogen-bond donors (Lipinski definition) is 3. The number of phenolic OH excluding ortho intramolecular Hbond substituents is 1. The molecule has 2 heterocycles. The number of benzene rings is 4. The highest BCUT2D eigenvalue weighted by molar-refractivity contribution is 6.10. The average Bonchev–Trinajstić information content (AvgIpc) is 3.16. The summed E-state index contributed by atoms with van der Waals surface area (Å²) in [7, 11) is 1.45. The van der Waals surface area contributed by atoms with Gasteiger partial charge in [-0.3, -0.25) is 29.1 Å². The highest BCUT2D eigenvalue weighted by Gasteiger charge is 2.23. The monoisotopic (exact) mass is 806 g/mol. The molecule has 0 saturated heterocycles. The van der Waals surface area contributed by atoms with Crippen molar-refractivity contribution in [3.63, 3.8) is 0 Å². The van der Waals surface area contributed by atoms with Gasteiger partial charge in [-0.1, -0.05) is 24.3 Å². The molecule has 0 aliphatic rings. The van der Waals surface area contributed by atoms with E-state index in [0.29, 0.717) is 34.7 Å². The quantitative estimate of drug-likeness (QED) is 0.0870. The van der Waals surface area contributed by atoms with Crippen molar-refractivity contribution in [1.29, 1.82) is 0 Å². The minimum atomic E-state index is -0.622. The van der Waals surface area contributed by atoms with Crippen LogP contribution in [0.4, 0.5) is 8.78 Å². The van der Waals surface area contributed by atoms with Crippen LogP contribution in [0.5, 0.6) is 23.0 Å². The van der Waals surface area contributed by atoms with Gasteiger partial charge in [0.15, 0.2) is 23.0 Å². The van der Waals surface area contributed by atoms with E-state index < -0.39 is 11.9 Å². The number of amides is 2. The van der Waals surface area contributed by atoms with Gasteiger partial charge in [0.25, 0.3) is 11.8 Å². The van der Waals surface area contributed by atoms with Crippen LogP contribution in [0.15, 0.2) is 85.2 Å². The summed E-state index contributed by atoms with van der Waals surface area (Å²) < 4.78 is 42.0. The lowest BCUT2D eigenvalue weighted by atomic mass is 10.0. The predicted molar refractivity (Wildman–Crippen MR) is 218 cm³/mol. The van der Waals surface area contributed by atoms with Gasteiger partial charge in [-0.2, -0.15) is 0 Å². The van der Waals surface area contributed by atoms with Crippen molar-refractivity contribution in [1.82, 2.24) is 20.6 Å². The molecule has 59 heavy (non-hydrogen) atoms. The number of pyridine rings is 2. The molecule has 12 nitrogen and oxygen atoms in total. The van der Waals surface area contributed by atoms with E-state index in [1.54, 1.807) is 42.7 Å². The molecule has 3 N–H and O–H groups in total. The summed E-state index contributed by atoms with van der Waals surface area (Å²) in [6, 6.07) is 18.5. The molecule has 0 radical (unpaired) electrons. The first-order chi connectivity index (χ1) is 28.0. The van der Waals surface area contributed by atoms with Crippen LogP contribution in [0, 0.1) is 11.6 Å². The van der Waals surface area contributed by atoms with Crippen LogP contribution in [0.2, 0.25) is 0 Å². The van der Waals surface area contributed by atoms with E-state index in [2.05, 4.69) is 20.6 Å². The third-order valence-electron chi connectivity index (χ3n) is 8.60. The first-order valence-corrected chi connectivity index (χ1v) is 18.6. The molecule has 14 heteroatoms. The van der Waals surface area contributed by atoms with Gasteiger partial charge in [0.2, 0.25) is 0 Å². The van der Waals surface area contributed by atoms with Crippen molar-refractivity contribution in [2.24, 2.45) is 0 Å². The van der Waals surface area contributed by atoms with Crippen LogP contribution >= 0.6 is 0 Å². The van der Waals surface area contributed by atoms with E-state index in [0.717, 1.165) is 22.3 Å². The van der Waals surface area contributed by atoms with E-state index in [-0.39, 0.29) is 69.6 Å². The largest absolute Gasteiger partial charge is 0.503 e. The van der Waals surface area contributed by atoms with Crippen LogP contribution in [-0.4, -0.2) is 58.0 Å². The molecule has 2 aromatic heterocycles. The van der Waals surface area contributed by atoms with Crippen molar-refractivity contribution < 1.29 is 47.3 Å². The fourth-order valence-corrected chi connectivity index (χ4v) is 6.17. The number of ether oxygens (including phenoxy) is 3. The number of phenols is 1. The summed E-state index contributed by atoms with van der Waals surface area (Å²) in [5, 5.41) is 17.1. The molecule has 0 unspecified atom stereocenters. The minimum Gasteiger partial charge on any atom is -0.503 e. The molecule has 0 aliphatic carbocycles. The van der Waals surface area contributed by atoms with Crippen LogP contribution in [0.25, 0.3) is 21.8 Å². The number of carbonyl (C=O) groups excluding carboxylic acids is 4. The Morgan fingerprint density at radius 3 is 1.46 bits per heavy atom. The number of carbonyl (C=O) groups is 4. The van der Waals surface area contributed by atoms with Gasteiger partial charge in [0, 0.05) is 49.1 Å². The molecule has 306 valence electrons. The highest BCUT2D eigenvalue weighted by Crippen LogP contribution is 2.38. The van der Waals surface area contributed by atoms with Gasteiger partial charge in [-0.25, -0.2) is 8.78 Å². The molecule has 0 atom stereocenters. The average molecular weight is 807 g/mol. The molecule has 0 fully saturated rings. The Labute approximate surface area is 339 Å². The summed E-state index contributed by atoms with van der Waals surface area (Å²) in [6.45, 7) is 9.84. The van der Waals surface area contributed by atoms with Crippen molar-refractivity contribution in [3.05, 3.63) is 130 Å². The molecule has 0 spiro atoms. The second kappa shape index (κ2) is 19.0. The van der Waals surface area contributed by atoms with Gasteiger partial charge >= 0.3 is 11.9 Å². The van der Waals surface area contributed by atoms with Gasteiger partial charge in [-0.05, 0) is 111 Å². The molecule has 4 aromatic carbocycles. The summed E-state index contributed by atoms with van der Waals surface area (Å²) in [6.07, 6.45) is 4.21. The van der Waals surface area contributed by atoms with Crippen molar-refractivity contribution in [3.8, 4) is 23.0 Å². The van der Waals surface area contributed by atoms with E-state index in [1.165, 1.54) is 57.4 Å². The number of hydrogen-bond acceptors (Lipinski definition) is 10. The lowest BCUT2D eigenvalue weighted by Gasteiger charge is -2.16. The van der Waals surface area contributed by atoms with Crippen LogP contribution in [0.1, 0.15) is 84.5 Å². The Morgan fingerprint density at radius 2 is 1.03 bits per heavy atom. The molecule has 0 saturated carbocycles. The fourth-order valence-electron chi connectivity index (χ4n) is 6.17. The van der Waals surface area contributed by atoms with Gasteiger partial charge in [0.1, 0.15) is 22.7 Å². The lowest BCUT2D eigenvalue weighted by Crippen LogP contribution is -2.30. The number of nitrogens with one attached hydrogen (secondary N) is 2. The SMILES string of the molecule is CC(=O)Oc1cc(C(=O)NC(C)C)c2cc(Cc3ccc(F)cc3)cnc2c1O.COc1c(OC(C)=O)cc(C(=O)NC(C)C)c2cc(Cc3ccc(F)cc3)cnc12. The van der Waals surface area contributed by atoms with Crippen molar-refractivity contribution in [2.75, 3.05) is 7.11 Å². The van der Waals surface area contributed by atoms with Crippen LogP contribution in [-0.2, 0) is 22.4 Å². The molecule has 0 aliphatic heterocycles. The maximum Gasteiger partial charge on any atom is 0.308 e. The zero-order chi connectivity index (χ0) is 43.0. The Hall–Kier alpha value is -6.96. The van der Waals surface area contributed by atoms with Gasteiger partial charge in [0.05, 0.1) is 18.2 Å². The fraction of sp³-hybridized carbons (Fsp3) is 0.244. The topological polar surface area (TPSA) is 166 Å². The third kappa shape index (κ3) is 11.1. The number of halogens is 2. The number of nitrogens with zero attached hydrogens (tertiary/aromatic N) is 2. The van der Waals surface area contributed by atoms with Crippen LogP contribution < -0.4 is 24.8 Å². The zero-order valence-corrected chi connectivity index (χ0v) is 33.6. The van der Waals surface area contributed by atoms with Crippen molar-refractivity contribution >= 4 is 45.6 Å². The van der Waals surface area contributed by atoms with E-state index in [1.807, 2.05) is 33.8 Å². The van der Waals surface area contributed by atoms with Crippen molar-refractivity contribution in [2.45, 2.75) is 66.5 Å². The number of rotatable bonds is 11. The standard InChI is InChI=1S/C23H23FN2O4.C22H21FN2O4/c1-13(2)26-23(28)19-11-20(30-14(3)27)22(29-4)21-18(19)10-16(12-25-21)9-15-5-7-17(24)8-6-15;1-12(2)25-22(28)18-10-19(29-13(3)26)21(27)20-17(18)9-15(11-24-20)8-14-4-6-16(23)7-5-14/h5-8,10-13H,9H2,1-4H3,(H,26,28);4-7,9-12,27H,8H2,1-3H3,(H,25,28). The maximum absolute atomic E-state index is 13.2. The number of fused-ring (bicyclic) bond motifs is 2. The second-order valence-electron chi connectivity index (χ2n) is 14.3. The summed E-state index contributed by atoms with van der Waals surface area (Å²) in [5.74, 6) is -2.50. The predicted octanol–water partition coefficient (Wildman–Crippen LogP) is 7.77. The van der Waals surface area contributed by atoms with E-state index in [9.17, 15) is 33.1 Å². The number of methoxy groups -OCH3 is 1. The number of aromatic hydroxyl groups is 1. The second-order valence-corrected chi connectivity index (χ2v) is 14.3. The first kappa shape index (κ1) is 43.2. The van der Waals surface area contributed by atoms with Gasteiger partial charge < -0.3 is 30.0 Å². The van der Waals surface area contributed by atoms with E-state index >= 15 is 0 Å². The molecular formula is C45H44F2N4O8. The summed E-state index contributed by atoms with van der Waals surface area (Å²) in [5.41, 5.74) is 4.53. The number of aromatic nitrogens is 2. The Balaban J connectivity index is 0.000000224. The summed E-state index contributed by atoms with van der Waals surface area (Å²) >= 11 is 0. The van der Waals surface area contributed by atoms with Crippen LogP contribution in [0.3, 0.4) is 0 Å².